The molecule has 1 amide bonds. The van der Waals surface area contributed by atoms with Crippen LogP contribution in [0.5, 0.6) is 0 Å². The van der Waals surface area contributed by atoms with Crippen molar-refractivity contribution < 1.29 is 22.7 Å². The second-order valence-electron chi connectivity index (χ2n) is 9.42. The van der Waals surface area contributed by atoms with Gasteiger partial charge in [-0.3, -0.25) is 4.79 Å². The molecule has 192 valence electrons. The van der Waals surface area contributed by atoms with E-state index in [1.54, 1.807) is 0 Å². The number of benzene rings is 2. The van der Waals surface area contributed by atoms with Crippen molar-refractivity contribution in [3.63, 3.8) is 0 Å². The lowest BCUT2D eigenvalue weighted by molar-refractivity contribution is -0.137. The van der Waals surface area contributed by atoms with Gasteiger partial charge in [-0.15, -0.1) is 0 Å². The highest BCUT2D eigenvalue weighted by Crippen LogP contribution is 2.31. The van der Waals surface area contributed by atoms with Crippen LogP contribution in [0.4, 0.5) is 18.9 Å². The average Bonchev–Trinajstić information content (AvgIpc) is 3.47. The molecule has 1 aliphatic heterocycles. The van der Waals surface area contributed by atoms with Gasteiger partial charge < -0.3 is 19.5 Å². The van der Waals surface area contributed by atoms with Crippen molar-refractivity contribution in [2.75, 3.05) is 38.7 Å². The summed E-state index contributed by atoms with van der Waals surface area (Å²) >= 11 is 0. The third-order valence-corrected chi connectivity index (χ3v) is 6.64. The van der Waals surface area contributed by atoms with E-state index in [-0.39, 0.29) is 5.69 Å². The number of nitrogens with one attached hydrogen (secondary N) is 1. The summed E-state index contributed by atoms with van der Waals surface area (Å²) in [7, 11) is 2.12. The zero-order chi connectivity index (χ0) is 25.7. The Balaban J connectivity index is 1.52. The fourth-order valence-corrected chi connectivity index (χ4v) is 4.74. The molecule has 2 aromatic carbocycles. The molecule has 36 heavy (non-hydrogen) atoms. The van der Waals surface area contributed by atoms with Gasteiger partial charge >= 0.3 is 6.18 Å². The molecule has 2 heterocycles. The number of anilines is 1. The van der Waals surface area contributed by atoms with E-state index < -0.39 is 17.6 Å². The van der Waals surface area contributed by atoms with Crippen molar-refractivity contribution in [3.05, 3.63) is 77.5 Å². The van der Waals surface area contributed by atoms with E-state index in [0.29, 0.717) is 11.5 Å². The molecule has 1 aliphatic rings. The van der Waals surface area contributed by atoms with Crippen LogP contribution in [0.3, 0.4) is 0 Å². The topological polar surface area (TPSA) is 46.5 Å². The number of carbonyl (C=O) groups is 1. The number of hydrogen-bond acceptors (Lipinski definition) is 3. The minimum absolute atomic E-state index is 0.112. The van der Waals surface area contributed by atoms with Gasteiger partial charge in [0.25, 0.3) is 5.91 Å². The molecule has 0 bridgehead atoms. The van der Waals surface area contributed by atoms with Gasteiger partial charge in [-0.05, 0) is 69.1 Å². The van der Waals surface area contributed by atoms with Crippen LogP contribution in [0, 0.1) is 12.8 Å². The van der Waals surface area contributed by atoms with E-state index in [0.717, 1.165) is 74.8 Å². The predicted octanol–water partition coefficient (Wildman–Crippen LogP) is 6.09. The Hall–Kier alpha value is -3.10. The first-order valence-electron chi connectivity index (χ1n) is 12.2. The second-order valence-corrected chi connectivity index (χ2v) is 9.42. The molecule has 5 nitrogen and oxygen atoms in total. The molecule has 1 atom stereocenters. The third kappa shape index (κ3) is 6.36. The lowest BCUT2D eigenvalue weighted by Crippen LogP contribution is -2.27. The van der Waals surface area contributed by atoms with Gasteiger partial charge in [0.05, 0.1) is 17.7 Å². The molecule has 0 spiro atoms. The molecule has 8 heteroatoms. The SMILES string of the molecule is Cc1c(C(=O)Nc2cccc(C(F)(F)F)c2)cc(-c2ccccc2)n1CCCN(C)CC1CCOC1. The molecule has 1 saturated heterocycles. The van der Waals surface area contributed by atoms with Gasteiger partial charge in [-0.25, -0.2) is 0 Å². The van der Waals surface area contributed by atoms with Crippen molar-refractivity contribution in [2.24, 2.45) is 5.92 Å². The molecule has 1 N–H and O–H groups in total. The van der Waals surface area contributed by atoms with Gasteiger partial charge in [-0.1, -0.05) is 36.4 Å². The molecular weight excluding hydrogens is 467 g/mol. The molecule has 0 aliphatic carbocycles. The van der Waals surface area contributed by atoms with Crippen LogP contribution in [-0.4, -0.2) is 48.7 Å². The van der Waals surface area contributed by atoms with E-state index in [2.05, 4.69) is 21.8 Å². The minimum Gasteiger partial charge on any atom is -0.381 e. The van der Waals surface area contributed by atoms with Gasteiger partial charge in [0.1, 0.15) is 0 Å². The summed E-state index contributed by atoms with van der Waals surface area (Å²) in [5, 5.41) is 2.65. The number of halogens is 3. The van der Waals surface area contributed by atoms with E-state index in [9.17, 15) is 18.0 Å². The van der Waals surface area contributed by atoms with Gasteiger partial charge in [0, 0.05) is 36.8 Å². The van der Waals surface area contributed by atoms with Crippen LogP contribution in [-0.2, 0) is 17.5 Å². The quantitative estimate of drug-likeness (QED) is 0.387. The van der Waals surface area contributed by atoms with Crippen LogP contribution >= 0.6 is 0 Å². The summed E-state index contributed by atoms with van der Waals surface area (Å²) in [5.41, 5.74) is 2.44. The Bertz CT molecular complexity index is 1170. The number of alkyl halides is 3. The smallest absolute Gasteiger partial charge is 0.381 e. The van der Waals surface area contributed by atoms with Gasteiger partial charge in [0.15, 0.2) is 0 Å². The van der Waals surface area contributed by atoms with Crippen LogP contribution in [0.25, 0.3) is 11.3 Å². The maximum atomic E-state index is 13.1. The Morgan fingerprint density at radius 2 is 1.92 bits per heavy atom. The molecule has 3 aromatic rings. The molecular formula is C28H32F3N3O2. The first-order valence-corrected chi connectivity index (χ1v) is 12.2. The molecule has 4 rings (SSSR count). The standard InChI is InChI=1S/C28H32F3N3O2/c1-20-25(27(35)32-24-11-6-10-23(16-24)28(29,30)31)17-26(22-8-4-3-5-9-22)34(20)14-7-13-33(2)18-21-12-15-36-19-21/h3-6,8-11,16-17,21H,7,12-15,18-19H2,1-2H3,(H,32,35). The number of ether oxygens (including phenoxy) is 1. The van der Waals surface area contributed by atoms with E-state index in [1.807, 2.05) is 43.3 Å². The van der Waals surface area contributed by atoms with Crippen molar-refractivity contribution in [3.8, 4) is 11.3 Å². The second kappa shape index (κ2) is 11.3. The third-order valence-electron chi connectivity index (χ3n) is 6.64. The molecule has 1 aromatic heterocycles. The summed E-state index contributed by atoms with van der Waals surface area (Å²) in [6.07, 6.45) is -2.48. The van der Waals surface area contributed by atoms with Gasteiger partial charge in [0.2, 0.25) is 0 Å². The van der Waals surface area contributed by atoms with Crippen molar-refractivity contribution >= 4 is 11.6 Å². The van der Waals surface area contributed by atoms with E-state index >= 15 is 0 Å². The maximum Gasteiger partial charge on any atom is 0.416 e. The molecule has 1 fully saturated rings. The Kier molecular flexibility index (Phi) is 8.16. The van der Waals surface area contributed by atoms with Crippen molar-refractivity contribution in [1.82, 2.24) is 9.47 Å². The maximum absolute atomic E-state index is 13.1. The number of aromatic nitrogens is 1. The minimum atomic E-state index is -4.47. The summed E-state index contributed by atoms with van der Waals surface area (Å²) in [6.45, 7) is 6.18. The van der Waals surface area contributed by atoms with E-state index in [1.165, 1.54) is 12.1 Å². The van der Waals surface area contributed by atoms with Crippen molar-refractivity contribution in [2.45, 2.75) is 32.5 Å². The number of rotatable bonds is 9. The fourth-order valence-electron chi connectivity index (χ4n) is 4.74. The number of amides is 1. The predicted molar refractivity (Wildman–Crippen MR) is 135 cm³/mol. The van der Waals surface area contributed by atoms with Crippen LogP contribution in [0.1, 0.15) is 34.5 Å². The Morgan fingerprint density at radius 3 is 2.61 bits per heavy atom. The normalized spacial score (nSPS) is 16.0. The highest BCUT2D eigenvalue weighted by molar-refractivity contribution is 6.06. The lowest BCUT2D eigenvalue weighted by atomic mass is 10.1. The zero-order valence-electron chi connectivity index (χ0n) is 20.6. The largest absolute Gasteiger partial charge is 0.416 e. The van der Waals surface area contributed by atoms with E-state index in [4.69, 9.17) is 4.74 Å². The highest BCUT2D eigenvalue weighted by Gasteiger charge is 2.30. The first kappa shape index (κ1) is 26.0. The number of carbonyl (C=O) groups excluding carboxylic acids is 1. The molecule has 0 radical (unpaired) electrons. The fraction of sp³-hybridized carbons (Fsp3) is 0.393. The number of hydrogen-bond donors (Lipinski definition) is 1. The molecule has 1 unspecified atom stereocenters. The Labute approximate surface area is 209 Å². The monoisotopic (exact) mass is 499 g/mol. The van der Waals surface area contributed by atoms with Crippen LogP contribution < -0.4 is 5.32 Å². The summed E-state index contributed by atoms with van der Waals surface area (Å²) in [6, 6.07) is 16.3. The molecule has 0 saturated carbocycles. The Morgan fingerprint density at radius 1 is 1.14 bits per heavy atom. The van der Waals surface area contributed by atoms with Crippen LogP contribution in [0.2, 0.25) is 0 Å². The zero-order valence-corrected chi connectivity index (χ0v) is 20.6. The lowest BCUT2D eigenvalue weighted by Gasteiger charge is -2.21. The number of nitrogens with zero attached hydrogens (tertiary/aromatic N) is 2. The summed E-state index contributed by atoms with van der Waals surface area (Å²) < 4.78 is 46.9. The first-order chi connectivity index (χ1) is 17.2. The highest BCUT2D eigenvalue weighted by atomic mass is 19.4. The van der Waals surface area contributed by atoms with Gasteiger partial charge in [-0.2, -0.15) is 13.2 Å². The summed E-state index contributed by atoms with van der Waals surface area (Å²) in [4.78, 5) is 15.5. The van der Waals surface area contributed by atoms with Crippen LogP contribution in [0.15, 0.2) is 60.7 Å². The summed E-state index contributed by atoms with van der Waals surface area (Å²) in [5.74, 6) is 0.149. The van der Waals surface area contributed by atoms with Crippen molar-refractivity contribution in [1.29, 1.82) is 0 Å². The average molecular weight is 500 g/mol.